The minimum atomic E-state index is 0.237. The van der Waals surface area contributed by atoms with Gasteiger partial charge in [-0.15, -0.1) is 11.3 Å². The topological polar surface area (TPSA) is 12.0 Å². The lowest BCUT2D eigenvalue weighted by Gasteiger charge is -2.23. The average molecular weight is 293 g/mol. The monoisotopic (exact) mass is 293 g/mol. The first kappa shape index (κ1) is 14.1. The van der Waals surface area contributed by atoms with Crippen molar-refractivity contribution in [2.75, 3.05) is 0 Å². The fraction of sp³-hybridized carbons (Fsp3) is 0.158. The summed E-state index contributed by atoms with van der Waals surface area (Å²) < 4.78 is 0. The Labute approximate surface area is 130 Å². The molecule has 2 unspecified atom stereocenters. The summed E-state index contributed by atoms with van der Waals surface area (Å²) >= 11 is 1.80. The molecule has 1 heterocycles. The molecule has 0 aliphatic heterocycles. The van der Waals surface area contributed by atoms with Gasteiger partial charge in [0.05, 0.1) is 6.04 Å². The Hall–Kier alpha value is -1.90. The Morgan fingerprint density at radius 3 is 1.95 bits per heavy atom. The molecule has 2 atom stereocenters. The molecule has 1 nitrogen and oxygen atoms in total. The van der Waals surface area contributed by atoms with Gasteiger partial charge in [-0.25, -0.2) is 0 Å². The van der Waals surface area contributed by atoms with Crippen molar-refractivity contribution in [3.63, 3.8) is 0 Å². The molecular weight excluding hydrogens is 274 g/mol. The van der Waals surface area contributed by atoms with Crippen LogP contribution in [0.15, 0.2) is 78.2 Å². The maximum Gasteiger partial charge on any atom is 0.0675 e. The van der Waals surface area contributed by atoms with Crippen LogP contribution >= 0.6 is 11.3 Å². The molecule has 0 amide bonds. The first-order chi connectivity index (χ1) is 10.3. The summed E-state index contributed by atoms with van der Waals surface area (Å²) in [7, 11) is 0. The van der Waals surface area contributed by atoms with E-state index in [2.05, 4.69) is 90.4 Å². The van der Waals surface area contributed by atoms with Crippen molar-refractivity contribution in [3.8, 4) is 0 Å². The second kappa shape index (κ2) is 6.70. The number of benzene rings is 2. The lowest BCUT2D eigenvalue weighted by atomic mass is 10.0. The molecule has 106 valence electrons. The van der Waals surface area contributed by atoms with E-state index in [1.54, 1.807) is 11.3 Å². The lowest BCUT2D eigenvalue weighted by molar-refractivity contribution is 0.521. The molecule has 0 bridgehead atoms. The SMILES string of the molecule is CC(NC(c1ccccc1)c1cccs1)c1ccccc1. The third-order valence-electron chi connectivity index (χ3n) is 3.68. The van der Waals surface area contributed by atoms with Crippen LogP contribution in [-0.2, 0) is 0 Å². The molecule has 0 radical (unpaired) electrons. The van der Waals surface area contributed by atoms with Crippen molar-refractivity contribution in [1.82, 2.24) is 5.32 Å². The summed E-state index contributed by atoms with van der Waals surface area (Å²) in [6.07, 6.45) is 0. The van der Waals surface area contributed by atoms with Gasteiger partial charge in [-0.3, -0.25) is 5.32 Å². The van der Waals surface area contributed by atoms with Gasteiger partial charge < -0.3 is 0 Å². The Bertz CT molecular complexity index is 647. The van der Waals surface area contributed by atoms with Gasteiger partial charge in [0.2, 0.25) is 0 Å². The van der Waals surface area contributed by atoms with E-state index in [0.29, 0.717) is 6.04 Å². The first-order valence-corrected chi connectivity index (χ1v) is 8.12. The van der Waals surface area contributed by atoms with Crippen molar-refractivity contribution >= 4 is 11.3 Å². The van der Waals surface area contributed by atoms with Crippen LogP contribution in [0.2, 0.25) is 0 Å². The lowest BCUT2D eigenvalue weighted by Crippen LogP contribution is -2.25. The molecule has 3 rings (SSSR count). The van der Waals surface area contributed by atoms with E-state index in [-0.39, 0.29) is 6.04 Å². The predicted molar refractivity (Wildman–Crippen MR) is 90.6 cm³/mol. The fourth-order valence-electron chi connectivity index (χ4n) is 2.53. The Balaban J connectivity index is 1.87. The smallest absolute Gasteiger partial charge is 0.0675 e. The van der Waals surface area contributed by atoms with Crippen LogP contribution in [0, 0.1) is 0 Å². The summed E-state index contributed by atoms with van der Waals surface area (Å²) in [5, 5.41) is 5.90. The van der Waals surface area contributed by atoms with E-state index in [9.17, 15) is 0 Å². The van der Waals surface area contributed by atoms with Crippen LogP contribution in [0.4, 0.5) is 0 Å². The number of nitrogens with one attached hydrogen (secondary N) is 1. The molecule has 2 heteroatoms. The van der Waals surface area contributed by atoms with Gasteiger partial charge >= 0.3 is 0 Å². The van der Waals surface area contributed by atoms with Crippen molar-refractivity contribution in [1.29, 1.82) is 0 Å². The van der Waals surface area contributed by atoms with Gasteiger partial charge in [0, 0.05) is 10.9 Å². The largest absolute Gasteiger partial charge is 0.299 e. The molecule has 0 fully saturated rings. The second-order valence-electron chi connectivity index (χ2n) is 5.16. The van der Waals surface area contributed by atoms with Gasteiger partial charge in [0.15, 0.2) is 0 Å². The number of hydrogen-bond donors (Lipinski definition) is 1. The zero-order valence-electron chi connectivity index (χ0n) is 12.1. The van der Waals surface area contributed by atoms with Crippen LogP contribution in [0.3, 0.4) is 0 Å². The molecule has 0 spiro atoms. The van der Waals surface area contributed by atoms with Crippen molar-refractivity contribution in [2.45, 2.75) is 19.0 Å². The molecule has 2 aromatic carbocycles. The quantitative estimate of drug-likeness (QED) is 0.682. The molecule has 1 N–H and O–H groups in total. The summed E-state index contributed by atoms with van der Waals surface area (Å²) in [4.78, 5) is 1.35. The molecule has 0 saturated heterocycles. The van der Waals surface area contributed by atoms with Crippen molar-refractivity contribution in [2.24, 2.45) is 0 Å². The molecule has 0 saturated carbocycles. The molecule has 1 aromatic heterocycles. The van der Waals surface area contributed by atoms with E-state index in [4.69, 9.17) is 0 Å². The van der Waals surface area contributed by atoms with Gasteiger partial charge in [0.25, 0.3) is 0 Å². The van der Waals surface area contributed by atoms with E-state index >= 15 is 0 Å². The van der Waals surface area contributed by atoms with Gasteiger partial charge in [-0.05, 0) is 29.5 Å². The minimum absolute atomic E-state index is 0.237. The van der Waals surface area contributed by atoms with Crippen LogP contribution < -0.4 is 5.32 Å². The average Bonchev–Trinajstić information content (AvgIpc) is 3.08. The minimum Gasteiger partial charge on any atom is -0.299 e. The molecule has 0 aliphatic rings. The van der Waals surface area contributed by atoms with E-state index in [1.165, 1.54) is 16.0 Å². The van der Waals surface area contributed by atoms with Gasteiger partial charge in [-0.1, -0.05) is 66.7 Å². The normalized spacial score (nSPS) is 13.8. The predicted octanol–water partition coefficient (Wildman–Crippen LogP) is 5.19. The maximum atomic E-state index is 3.76. The fourth-order valence-corrected chi connectivity index (χ4v) is 3.34. The molecular formula is C19H19NS. The second-order valence-corrected chi connectivity index (χ2v) is 6.14. The van der Waals surface area contributed by atoms with Crippen LogP contribution in [0.25, 0.3) is 0 Å². The third-order valence-corrected chi connectivity index (χ3v) is 4.61. The zero-order valence-corrected chi connectivity index (χ0v) is 12.9. The summed E-state index contributed by atoms with van der Waals surface area (Å²) in [6.45, 7) is 2.22. The number of thiophene rings is 1. The first-order valence-electron chi connectivity index (χ1n) is 7.24. The highest BCUT2D eigenvalue weighted by molar-refractivity contribution is 7.10. The van der Waals surface area contributed by atoms with E-state index in [0.717, 1.165) is 0 Å². The van der Waals surface area contributed by atoms with Crippen molar-refractivity contribution in [3.05, 3.63) is 94.2 Å². The Kier molecular flexibility index (Phi) is 4.49. The molecule has 0 aliphatic carbocycles. The molecule has 3 aromatic rings. The number of rotatable bonds is 5. The standard InChI is InChI=1S/C19H19NS/c1-15(16-9-4-2-5-10-16)20-19(18-13-8-14-21-18)17-11-6-3-7-12-17/h2-15,19-20H,1H3. The summed E-state index contributed by atoms with van der Waals surface area (Å²) in [6, 6.07) is 26.1. The van der Waals surface area contributed by atoms with Gasteiger partial charge in [-0.2, -0.15) is 0 Å². The van der Waals surface area contributed by atoms with Gasteiger partial charge in [0.1, 0.15) is 0 Å². The Morgan fingerprint density at radius 1 is 0.762 bits per heavy atom. The molecule has 21 heavy (non-hydrogen) atoms. The van der Waals surface area contributed by atoms with Crippen LogP contribution in [-0.4, -0.2) is 0 Å². The summed E-state index contributed by atoms with van der Waals surface area (Å²) in [5.74, 6) is 0. The van der Waals surface area contributed by atoms with Crippen LogP contribution in [0.5, 0.6) is 0 Å². The van der Waals surface area contributed by atoms with E-state index in [1.807, 2.05) is 0 Å². The highest BCUT2D eigenvalue weighted by atomic mass is 32.1. The highest BCUT2D eigenvalue weighted by Gasteiger charge is 2.17. The van der Waals surface area contributed by atoms with Crippen molar-refractivity contribution < 1.29 is 0 Å². The van der Waals surface area contributed by atoms with Crippen LogP contribution in [0.1, 0.15) is 35.0 Å². The highest BCUT2D eigenvalue weighted by Crippen LogP contribution is 2.28. The maximum absolute atomic E-state index is 3.76. The third kappa shape index (κ3) is 3.41. The zero-order chi connectivity index (χ0) is 14.5. The number of hydrogen-bond acceptors (Lipinski definition) is 2. The van der Waals surface area contributed by atoms with E-state index < -0.39 is 0 Å². The Morgan fingerprint density at radius 2 is 1.38 bits per heavy atom. The summed E-state index contributed by atoms with van der Waals surface area (Å²) in [5.41, 5.74) is 2.62.